The molecule has 2 aromatic rings. The van der Waals surface area contributed by atoms with Gasteiger partial charge in [0.05, 0.1) is 23.6 Å². The van der Waals surface area contributed by atoms with Gasteiger partial charge in [0, 0.05) is 32.4 Å². The van der Waals surface area contributed by atoms with Gasteiger partial charge in [-0.1, -0.05) is 0 Å². The van der Waals surface area contributed by atoms with E-state index in [1.807, 2.05) is 24.5 Å². The number of rotatable bonds is 3. The van der Waals surface area contributed by atoms with E-state index in [0.29, 0.717) is 6.04 Å². The van der Waals surface area contributed by atoms with E-state index in [-0.39, 0.29) is 0 Å². The minimum Gasteiger partial charge on any atom is -0.360 e. The lowest BCUT2D eigenvalue weighted by molar-refractivity contribution is 0.180. The van der Waals surface area contributed by atoms with Crippen LogP contribution >= 0.6 is 0 Å². The molecule has 1 aliphatic heterocycles. The second-order valence-electron chi connectivity index (χ2n) is 4.73. The van der Waals surface area contributed by atoms with Crippen molar-refractivity contribution < 1.29 is 0 Å². The summed E-state index contributed by atoms with van der Waals surface area (Å²) in [5.74, 6) is 1.04. The number of nitrogens with zero attached hydrogens (tertiary/aromatic N) is 2. The van der Waals surface area contributed by atoms with Crippen molar-refractivity contribution in [2.24, 2.45) is 0 Å². The average Bonchev–Trinajstić information content (AvgIpc) is 3.09. The normalized spacial score (nSPS) is 18.9. The molecule has 1 aliphatic rings. The summed E-state index contributed by atoms with van der Waals surface area (Å²) in [4.78, 5) is 13.6. The molecule has 5 heteroatoms. The van der Waals surface area contributed by atoms with E-state index < -0.39 is 0 Å². The fourth-order valence-electron chi connectivity index (χ4n) is 2.43. The molecule has 18 heavy (non-hydrogen) atoms. The highest BCUT2D eigenvalue weighted by molar-refractivity contribution is 5.53. The highest BCUT2D eigenvalue weighted by Gasteiger charge is 2.20. The average molecular weight is 245 g/mol. The number of piperazine rings is 1. The van der Waals surface area contributed by atoms with Gasteiger partial charge in [0.1, 0.15) is 5.82 Å². The van der Waals surface area contributed by atoms with E-state index in [4.69, 9.17) is 0 Å². The van der Waals surface area contributed by atoms with Gasteiger partial charge < -0.3 is 15.3 Å². The summed E-state index contributed by atoms with van der Waals surface area (Å²) in [6.07, 6.45) is 3.83. The third-order valence-corrected chi connectivity index (χ3v) is 3.58. The maximum Gasteiger partial charge on any atom is 0.123 e. The fraction of sp³-hybridized carbons (Fsp3) is 0.462. The fourth-order valence-corrected chi connectivity index (χ4v) is 2.43. The summed E-state index contributed by atoms with van der Waals surface area (Å²) in [6.45, 7) is 6.51. The van der Waals surface area contributed by atoms with E-state index >= 15 is 0 Å². The van der Waals surface area contributed by atoms with E-state index in [9.17, 15) is 0 Å². The van der Waals surface area contributed by atoms with Crippen molar-refractivity contribution in [1.82, 2.24) is 25.2 Å². The second kappa shape index (κ2) is 4.96. The maximum atomic E-state index is 4.51. The van der Waals surface area contributed by atoms with Gasteiger partial charge in [0.2, 0.25) is 0 Å². The zero-order valence-corrected chi connectivity index (χ0v) is 10.6. The Kier molecular flexibility index (Phi) is 3.17. The van der Waals surface area contributed by atoms with Gasteiger partial charge in [-0.15, -0.1) is 0 Å². The van der Waals surface area contributed by atoms with Crippen molar-refractivity contribution in [1.29, 1.82) is 0 Å². The molecule has 0 bridgehead atoms. The zero-order valence-electron chi connectivity index (χ0n) is 10.6. The number of aromatic nitrogens is 3. The molecule has 1 saturated heterocycles. The molecule has 0 amide bonds. The van der Waals surface area contributed by atoms with E-state index in [1.54, 1.807) is 0 Å². The van der Waals surface area contributed by atoms with Crippen LogP contribution in [-0.4, -0.2) is 46.0 Å². The quantitative estimate of drug-likeness (QED) is 0.765. The van der Waals surface area contributed by atoms with Crippen LogP contribution in [0.5, 0.6) is 0 Å². The Labute approximate surface area is 107 Å². The van der Waals surface area contributed by atoms with Crippen molar-refractivity contribution >= 4 is 0 Å². The van der Waals surface area contributed by atoms with Crippen LogP contribution in [0.25, 0.3) is 11.4 Å². The molecular formula is C13H19N5. The van der Waals surface area contributed by atoms with Gasteiger partial charge in [-0.3, -0.25) is 4.90 Å². The Hall–Kier alpha value is -1.59. The highest BCUT2D eigenvalue weighted by atomic mass is 15.2. The van der Waals surface area contributed by atoms with Crippen LogP contribution in [0, 0.1) is 0 Å². The largest absolute Gasteiger partial charge is 0.360 e. The standard InChI is InChI=1S/C13H19N5/c1-10(18-7-5-14-6-8-18)13-16-9-12(17-13)11-3-2-4-15-11/h2-4,9-10,14-15H,5-8H2,1H3,(H,16,17). The molecular weight excluding hydrogens is 226 g/mol. The van der Waals surface area contributed by atoms with Crippen LogP contribution in [0.4, 0.5) is 0 Å². The molecule has 0 aromatic carbocycles. The first-order chi connectivity index (χ1) is 8.84. The summed E-state index contributed by atoms with van der Waals surface area (Å²) in [6, 6.07) is 4.39. The highest BCUT2D eigenvalue weighted by Crippen LogP contribution is 2.21. The van der Waals surface area contributed by atoms with Crippen molar-refractivity contribution in [3.05, 3.63) is 30.4 Å². The molecule has 1 unspecified atom stereocenters. The smallest absolute Gasteiger partial charge is 0.123 e. The molecule has 1 atom stereocenters. The molecule has 3 heterocycles. The monoisotopic (exact) mass is 245 g/mol. The Morgan fingerprint density at radius 3 is 2.83 bits per heavy atom. The summed E-state index contributed by atoms with van der Waals surface area (Å²) in [5, 5.41) is 3.37. The van der Waals surface area contributed by atoms with Crippen LogP contribution < -0.4 is 5.32 Å². The van der Waals surface area contributed by atoms with Gasteiger partial charge in [0.25, 0.3) is 0 Å². The number of hydrogen-bond donors (Lipinski definition) is 3. The van der Waals surface area contributed by atoms with Crippen LogP contribution in [0.3, 0.4) is 0 Å². The third-order valence-electron chi connectivity index (χ3n) is 3.58. The maximum absolute atomic E-state index is 4.51. The predicted octanol–water partition coefficient (Wildman–Crippen LogP) is 1.37. The Morgan fingerprint density at radius 1 is 1.28 bits per heavy atom. The molecule has 1 fully saturated rings. The Bertz CT molecular complexity index is 481. The molecule has 96 valence electrons. The number of H-pyrrole nitrogens is 2. The lowest BCUT2D eigenvalue weighted by atomic mass is 10.2. The van der Waals surface area contributed by atoms with E-state index in [1.165, 1.54) is 0 Å². The van der Waals surface area contributed by atoms with Gasteiger partial charge >= 0.3 is 0 Å². The summed E-state index contributed by atoms with van der Waals surface area (Å²) >= 11 is 0. The topological polar surface area (TPSA) is 59.7 Å². The number of imidazole rings is 1. The van der Waals surface area contributed by atoms with Crippen molar-refractivity contribution in [3.8, 4) is 11.4 Å². The minimum absolute atomic E-state index is 0.343. The second-order valence-corrected chi connectivity index (χ2v) is 4.73. The molecule has 3 rings (SSSR count). The van der Waals surface area contributed by atoms with Crippen LogP contribution in [-0.2, 0) is 0 Å². The van der Waals surface area contributed by atoms with Crippen LogP contribution in [0.2, 0.25) is 0 Å². The molecule has 0 spiro atoms. The number of aromatic amines is 2. The third kappa shape index (κ3) is 2.19. The van der Waals surface area contributed by atoms with Crippen molar-refractivity contribution in [3.63, 3.8) is 0 Å². The van der Waals surface area contributed by atoms with Crippen LogP contribution in [0.1, 0.15) is 18.8 Å². The number of nitrogens with one attached hydrogen (secondary N) is 3. The first-order valence-corrected chi connectivity index (χ1v) is 6.48. The lowest BCUT2D eigenvalue weighted by Gasteiger charge is -2.31. The van der Waals surface area contributed by atoms with Gasteiger partial charge in [-0.2, -0.15) is 0 Å². The van der Waals surface area contributed by atoms with Crippen LogP contribution in [0.15, 0.2) is 24.5 Å². The predicted molar refractivity (Wildman–Crippen MR) is 71.2 cm³/mol. The molecule has 5 nitrogen and oxygen atoms in total. The van der Waals surface area contributed by atoms with Gasteiger partial charge in [-0.05, 0) is 19.1 Å². The summed E-state index contributed by atoms with van der Waals surface area (Å²) < 4.78 is 0. The SMILES string of the molecule is CC(c1ncc(-c2ccc[nH]2)[nH]1)N1CCNCC1. The summed E-state index contributed by atoms with van der Waals surface area (Å²) in [7, 11) is 0. The first kappa shape index (κ1) is 11.5. The molecule has 0 saturated carbocycles. The first-order valence-electron chi connectivity index (χ1n) is 6.48. The van der Waals surface area contributed by atoms with Gasteiger partial charge in [0.15, 0.2) is 0 Å². The van der Waals surface area contributed by atoms with E-state index in [0.717, 1.165) is 43.4 Å². The minimum atomic E-state index is 0.343. The molecule has 0 radical (unpaired) electrons. The Balaban J connectivity index is 1.76. The van der Waals surface area contributed by atoms with Crippen molar-refractivity contribution in [2.45, 2.75) is 13.0 Å². The van der Waals surface area contributed by atoms with E-state index in [2.05, 4.69) is 32.1 Å². The van der Waals surface area contributed by atoms with Crippen molar-refractivity contribution in [2.75, 3.05) is 26.2 Å². The molecule has 0 aliphatic carbocycles. The number of hydrogen-bond acceptors (Lipinski definition) is 3. The molecule has 2 aromatic heterocycles. The summed E-state index contributed by atoms with van der Waals surface area (Å²) in [5.41, 5.74) is 2.14. The molecule has 3 N–H and O–H groups in total. The lowest BCUT2D eigenvalue weighted by Crippen LogP contribution is -2.44. The zero-order chi connectivity index (χ0) is 12.4. The Morgan fingerprint density at radius 2 is 2.11 bits per heavy atom. The van der Waals surface area contributed by atoms with Gasteiger partial charge in [-0.25, -0.2) is 4.98 Å².